The van der Waals surface area contributed by atoms with E-state index in [9.17, 15) is 33.6 Å². The van der Waals surface area contributed by atoms with E-state index in [-0.39, 0.29) is 70.0 Å². The van der Waals surface area contributed by atoms with E-state index in [1.807, 2.05) is 19.0 Å². The summed E-state index contributed by atoms with van der Waals surface area (Å²) in [5, 5.41) is 0. The molecule has 0 N–H and O–H groups in total. The Morgan fingerprint density at radius 1 is 0.294 bits per heavy atom. The molecule has 0 fully saturated rings. The summed E-state index contributed by atoms with van der Waals surface area (Å²) in [6.45, 7) is 7.15. The Morgan fingerprint density at radius 2 is 0.515 bits per heavy atom. The van der Waals surface area contributed by atoms with E-state index in [2.05, 4.69) is 20.8 Å². The minimum Gasteiger partial charge on any atom is -0.466 e. The average Bonchev–Trinajstić information content (AvgIpc) is 3.31. The molecule has 0 aromatic rings. The Balaban J connectivity index is 5.42. The number of esters is 7. The maximum Gasteiger partial charge on any atom is 0.305 e. The maximum atomic E-state index is 13.1. The fraction of sp³-hybridized carbons (Fsp3) is 0.868. The summed E-state index contributed by atoms with van der Waals surface area (Å²) in [5.41, 5.74) is -1.35. The molecule has 68 heavy (non-hydrogen) atoms. The first kappa shape index (κ1) is 64.2. The highest BCUT2D eigenvalue weighted by molar-refractivity contribution is 5.72. The van der Waals surface area contributed by atoms with Crippen LogP contribution in [0.25, 0.3) is 0 Å². The molecule has 0 aliphatic carbocycles. The number of rotatable bonds is 48. The van der Waals surface area contributed by atoms with Crippen LogP contribution in [0.5, 0.6) is 0 Å². The van der Waals surface area contributed by atoms with Crippen molar-refractivity contribution in [3.63, 3.8) is 0 Å². The molecule has 0 rings (SSSR count). The normalized spacial score (nSPS) is 11.3. The Kier molecular flexibility index (Phi) is 43.2. The monoisotopic (exact) mass is 970 g/mol. The van der Waals surface area contributed by atoms with Crippen LogP contribution in [-0.2, 0) is 66.7 Å². The van der Waals surface area contributed by atoms with Crippen molar-refractivity contribution >= 4 is 41.8 Å². The lowest BCUT2D eigenvalue weighted by Crippen LogP contribution is -2.44. The van der Waals surface area contributed by atoms with Gasteiger partial charge in [0.05, 0.1) is 19.8 Å². The predicted molar refractivity (Wildman–Crippen MR) is 262 cm³/mol. The van der Waals surface area contributed by atoms with Crippen LogP contribution in [0.2, 0.25) is 0 Å². The lowest BCUT2D eigenvalue weighted by Gasteiger charge is -2.31. The number of unbranched alkanes of at least 4 members (excludes halogenated alkanes) is 18. The first-order valence-electron chi connectivity index (χ1n) is 26.6. The minimum absolute atomic E-state index is 0.139. The van der Waals surface area contributed by atoms with Gasteiger partial charge in [-0.15, -0.1) is 0 Å². The number of ether oxygens (including phenoxy) is 7. The van der Waals surface area contributed by atoms with Gasteiger partial charge in [-0.1, -0.05) is 117 Å². The molecular formula is C53H95NO14. The molecule has 0 spiro atoms. The highest BCUT2D eigenvalue weighted by Crippen LogP contribution is 2.24. The van der Waals surface area contributed by atoms with E-state index < -0.39 is 29.3 Å². The number of carbonyl (C=O) groups is 7. The largest absolute Gasteiger partial charge is 0.466 e. The zero-order valence-corrected chi connectivity index (χ0v) is 43.4. The second kappa shape index (κ2) is 45.7. The van der Waals surface area contributed by atoms with Crippen molar-refractivity contribution in [3.05, 3.63) is 0 Å². The summed E-state index contributed by atoms with van der Waals surface area (Å²) < 4.78 is 38.8. The topological polar surface area (TPSA) is 187 Å². The SMILES string of the molecule is CCCCCOC(=O)CCCCCCCC(=O)OCC(COC(=O)CCCCCCCC(=O)OCCCCC)(COC(=O)CCCCCCCC(=O)OCCCCC)COC(=O)CCCN(C)C. The average molecular weight is 970 g/mol. The molecule has 0 bridgehead atoms. The molecule has 0 heterocycles. The van der Waals surface area contributed by atoms with Crippen LogP contribution < -0.4 is 0 Å². The van der Waals surface area contributed by atoms with Gasteiger partial charge in [0.15, 0.2) is 0 Å². The summed E-state index contributed by atoms with van der Waals surface area (Å²) in [4.78, 5) is 90.0. The lowest BCUT2D eigenvalue weighted by atomic mass is 9.92. The minimum atomic E-state index is -1.35. The summed E-state index contributed by atoms with van der Waals surface area (Å²) >= 11 is 0. The number of nitrogens with zero attached hydrogens (tertiary/aromatic N) is 1. The van der Waals surface area contributed by atoms with Gasteiger partial charge in [-0.05, 0) is 84.8 Å². The van der Waals surface area contributed by atoms with Gasteiger partial charge in [0, 0.05) is 44.9 Å². The summed E-state index contributed by atoms with van der Waals surface area (Å²) in [6.07, 6.45) is 22.4. The van der Waals surface area contributed by atoms with E-state index in [0.29, 0.717) is 71.3 Å². The van der Waals surface area contributed by atoms with Crippen LogP contribution in [0.1, 0.15) is 226 Å². The van der Waals surface area contributed by atoms with Crippen molar-refractivity contribution in [1.82, 2.24) is 4.90 Å². The van der Waals surface area contributed by atoms with Gasteiger partial charge in [-0.2, -0.15) is 0 Å². The van der Waals surface area contributed by atoms with Crippen molar-refractivity contribution in [2.45, 2.75) is 226 Å². The van der Waals surface area contributed by atoms with Gasteiger partial charge in [0.2, 0.25) is 0 Å². The molecule has 0 saturated carbocycles. The van der Waals surface area contributed by atoms with Crippen LogP contribution in [0.15, 0.2) is 0 Å². The molecular weight excluding hydrogens is 875 g/mol. The first-order valence-corrected chi connectivity index (χ1v) is 26.6. The molecule has 15 nitrogen and oxygen atoms in total. The Labute approximate surface area is 410 Å². The Bertz CT molecular complexity index is 1190. The van der Waals surface area contributed by atoms with E-state index in [1.54, 1.807) is 0 Å². The van der Waals surface area contributed by atoms with Crippen LogP contribution in [0.4, 0.5) is 0 Å². The van der Waals surface area contributed by atoms with Crippen molar-refractivity contribution in [1.29, 1.82) is 0 Å². The Hall–Kier alpha value is -3.75. The van der Waals surface area contributed by atoms with E-state index in [4.69, 9.17) is 33.2 Å². The molecule has 0 atom stereocenters. The van der Waals surface area contributed by atoms with Crippen molar-refractivity contribution in [2.24, 2.45) is 5.41 Å². The molecule has 0 aromatic heterocycles. The quantitative estimate of drug-likeness (QED) is 0.0318. The van der Waals surface area contributed by atoms with Gasteiger partial charge in [-0.25, -0.2) is 0 Å². The van der Waals surface area contributed by atoms with Crippen LogP contribution in [-0.4, -0.2) is 114 Å². The standard InChI is InChI=1S/C53H95NO14/c1-6-9-27-39-62-46(55)31-21-15-12-18-24-34-49(58)65-42-53(45-68-52(61)37-30-38-54(4)5,43-66-50(59)35-25-19-13-16-22-32-47(56)63-40-28-10-7-2)44-67-51(60)36-26-20-14-17-23-33-48(57)64-41-29-11-8-3/h6-45H2,1-5H3. The van der Waals surface area contributed by atoms with Crippen molar-refractivity contribution in [3.8, 4) is 0 Å². The Morgan fingerprint density at radius 3 is 0.750 bits per heavy atom. The molecule has 0 aromatic carbocycles. The van der Waals surface area contributed by atoms with Gasteiger partial charge >= 0.3 is 41.8 Å². The summed E-state index contributed by atoms with van der Waals surface area (Å²) in [6, 6.07) is 0. The lowest BCUT2D eigenvalue weighted by molar-refractivity contribution is -0.171. The highest BCUT2D eigenvalue weighted by Gasteiger charge is 2.38. The van der Waals surface area contributed by atoms with Gasteiger partial charge in [0.25, 0.3) is 0 Å². The third-order valence-electron chi connectivity index (χ3n) is 11.5. The number of carbonyl (C=O) groups excluding carboxylic acids is 7. The zero-order valence-electron chi connectivity index (χ0n) is 43.4. The van der Waals surface area contributed by atoms with E-state index in [0.717, 1.165) is 135 Å². The van der Waals surface area contributed by atoms with Gasteiger partial charge < -0.3 is 38.1 Å². The number of hydrogen-bond acceptors (Lipinski definition) is 15. The fourth-order valence-electron chi connectivity index (χ4n) is 7.05. The number of hydrogen-bond donors (Lipinski definition) is 0. The fourth-order valence-corrected chi connectivity index (χ4v) is 7.05. The third-order valence-corrected chi connectivity index (χ3v) is 11.5. The van der Waals surface area contributed by atoms with Crippen molar-refractivity contribution in [2.75, 3.05) is 66.9 Å². The smallest absolute Gasteiger partial charge is 0.305 e. The van der Waals surface area contributed by atoms with E-state index >= 15 is 0 Å². The van der Waals surface area contributed by atoms with E-state index in [1.165, 1.54) is 0 Å². The van der Waals surface area contributed by atoms with Crippen molar-refractivity contribution < 1.29 is 66.7 Å². The molecule has 0 saturated heterocycles. The maximum absolute atomic E-state index is 13.1. The highest BCUT2D eigenvalue weighted by atomic mass is 16.6. The molecule has 0 unspecified atom stereocenters. The van der Waals surface area contributed by atoms with Gasteiger partial charge in [0.1, 0.15) is 31.8 Å². The molecule has 0 radical (unpaired) electrons. The third kappa shape index (κ3) is 42.4. The van der Waals surface area contributed by atoms with Crippen LogP contribution >= 0.6 is 0 Å². The second-order valence-corrected chi connectivity index (χ2v) is 18.6. The molecule has 0 aliphatic heterocycles. The molecule has 0 amide bonds. The molecule has 0 aliphatic rings. The zero-order chi connectivity index (χ0) is 50.4. The summed E-state index contributed by atoms with van der Waals surface area (Å²) in [7, 11) is 3.82. The van der Waals surface area contributed by atoms with Crippen LogP contribution in [0.3, 0.4) is 0 Å². The predicted octanol–water partition coefficient (Wildman–Crippen LogP) is 10.9. The second-order valence-electron chi connectivity index (χ2n) is 18.6. The molecule has 396 valence electrons. The van der Waals surface area contributed by atoms with Crippen LogP contribution in [0, 0.1) is 5.41 Å². The first-order chi connectivity index (χ1) is 32.9. The molecule has 15 heteroatoms. The summed E-state index contributed by atoms with van der Waals surface area (Å²) in [5.74, 6) is -2.43. The van der Waals surface area contributed by atoms with Gasteiger partial charge in [-0.3, -0.25) is 33.6 Å².